The van der Waals surface area contributed by atoms with E-state index in [-0.39, 0.29) is 38.2 Å². The van der Waals surface area contributed by atoms with E-state index in [9.17, 15) is 33.5 Å². The molecule has 1 aromatic heterocycles. The summed E-state index contributed by atoms with van der Waals surface area (Å²) in [5.41, 5.74) is 11.9. The predicted molar refractivity (Wildman–Crippen MR) is 184 cm³/mol. The van der Waals surface area contributed by atoms with Crippen molar-refractivity contribution in [3.63, 3.8) is 0 Å². The molecule has 3 atom stereocenters. The smallest absolute Gasteiger partial charge is 0.404 e. The molecule has 0 bridgehead atoms. The average Bonchev–Trinajstić information content (AvgIpc) is 3.46. The molecule has 0 aliphatic rings. The van der Waals surface area contributed by atoms with Crippen LogP contribution >= 0.6 is 0 Å². The van der Waals surface area contributed by atoms with E-state index < -0.39 is 77.9 Å². The minimum atomic E-state index is -1.38. The van der Waals surface area contributed by atoms with Crippen molar-refractivity contribution >= 4 is 29.7 Å². The van der Waals surface area contributed by atoms with Crippen LogP contribution < -0.4 is 27.4 Å². The molecule has 51 heavy (non-hydrogen) atoms. The van der Waals surface area contributed by atoms with Gasteiger partial charge in [0, 0.05) is 49.2 Å². The van der Waals surface area contributed by atoms with E-state index >= 15 is 4.39 Å². The Balaban J connectivity index is 2.07. The highest BCUT2D eigenvalue weighted by atomic mass is 19.1. The van der Waals surface area contributed by atoms with Crippen LogP contribution in [0.5, 0.6) is 0 Å². The number of nitrogens with one attached hydrogen (secondary N) is 3. The van der Waals surface area contributed by atoms with Gasteiger partial charge in [-0.05, 0) is 41.7 Å². The molecule has 0 aliphatic carbocycles. The van der Waals surface area contributed by atoms with Crippen LogP contribution in [0.2, 0.25) is 0 Å². The van der Waals surface area contributed by atoms with Crippen molar-refractivity contribution in [2.75, 3.05) is 26.2 Å². The Morgan fingerprint density at radius 2 is 1.63 bits per heavy atom. The number of aromatic nitrogens is 1. The van der Waals surface area contributed by atoms with E-state index in [0.717, 1.165) is 23.8 Å². The van der Waals surface area contributed by atoms with Crippen molar-refractivity contribution in [3.8, 4) is 11.1 Å². The molecule has 3 rings (SSSR count). The molecule has 0 fully saturated rings. The molecule has 5 amide bonds. The zero-order valence-corrected chi connectivity index (χ0v) is 28.7. The lowest BCUT2D eigenvalue weighted by Gasteiger charge is -2.41. The fourth-order valence-corrected chi connectivity index (χ4v) is 5.70. The first-order valence-corrected chi connectivity index (χ1v) is 16.2. The Bertz CT molecular complexity index is 1700. The number of amides is 5. The number of rotatable bonds is 17. The van der Waals surface area contributed by atoms with Gasteiger partial charge in [-0.2, -0.15) is 0 Å². The lowest BCUT2D eigenvalue weighted by atomic mass is 9.82. The van der Waals surface area contributed by atoms with E-state index in [1.54, 1.807) is 12.3 Å². The molecular weight excluding hydrogens is 668 g/mol. The van der Waals surface area contributed by atoms with Crippen molar-refractivity contribution in [2.45, 2.75) is 58.3 Å². The molecule has 0 saturated carbocycles. The number of aliphatic hydroxyl groups is 1. The summed E-state index contributed by atoms with van der Waals surface area (Å²) in [4.78, 5) is 63.3. The van der Waals surface area contributed by atoms with E-state index in [1.165, 1.54) is 4.90 Å². The van der Waals surface area contributed by atoms with Crippen LogP contribution in [0.25, 0.3) is 11.1 Å². The van der Waals surface area contributed by atoms with Crippen molar-refractivity contribution in [1.29, 1.82) is 0 Å². The molecular formula is C35H45F2N7O7. The number of aliphatic hydroxyl groups excluding tert-OH is 1. The van der Waals surface area contributed by atoms with Gasteiger partial charge in [-0.1, -0.05) is 51.1 Å². The normalized spacial score (nSPS) is 13.1. The monoisotopic (exact) mass is 713 g/mol. The van der Waals surface area contributed by atoms with E-state index in [2.05, 4.69) is 16.0 Å². The second kappa shape index (κ2) is 18.1. The van der Waals surface area contributed by atoms with Gasteiger partial charge >= 0.3 is 6.09 Å². The van der Waals surface area contributed by atoms with Gasteiger partial charge < -0.3 is 47.1 Å². The van der Waals surface area contributed by atoms with E-state index in [4.69, 9.17) is 16.6 Å². The van der Waals surface area contributed by atoms with Gasteiger partial charge in [0.25, 0.3) is 0 Å². The molecule has 16 heteroatoms. The topological polar surface area (TPSA) is 222 Å². The minimum absolute atomic E-state index is 0.000101. The standard InChI is InChI=1S/C35H45F2N7O7/c1-35(2,3)31(28-15-22(24-16-23(36)9-10-25(24)37)19-43(28)18-21-7-5-4-6-8-21)44(30(47)20-45)14-11-27(33(49)40-12-13-41-34(50)51)42-32(48)26(38)17-29(39)46/h4-10,15-16,19,26-27,31,41,45H,11-14,17-18,20,38H2,1-3H3,(H2,39,46)(H,40,49)(H,42,48)(H,50,51). The molecule has 2 aromatic carbocycles. The molecule has 3 unspecified atom stereocenters. The Morgan fingerprint density at radius 3 is 2.24 bits per heavy atom. The molecule has 0 radical (unpaired) electrons. The predicted octanol–water partition coefficient (Wildman–Crippen LogP) is 1.85. The van der Waals surface area contributed by atoms with Crippen LogP contribution in [0.3, 0.4) is 0 Å². The molecule has 3 aromatic rings. The van der Waals surface area contributed by atoms with Crippen molar-refractivity contribution < 1.29 is 43.0 Å². The summed E-state index contributed by atoms with van der Waals surface area (Å²) in [6.07, 6.45) is -0.368. The van der Waals surface area contributed by atoms with Crippen LogP contribution in [0.1, 0.15) is 50.9 Å². The van der Waals surface area contributed by atoms with Crippen molar-refractivity contribution in [3.05, 3.63) is 83.7 Å². The minimum Gasteiger partial charge on any atom is -0.465 e. The second-order valence-electron chi connectivity index (χ2n) is 13.1. The molecule has 0 saturated heterocycles. The second-order valence-corrected chi connectivity index (χ2v) is 13.1. The first-order chi connectivity index (χ1) is 24.0. The number of nitrogens with two attached hydrogens (primary N) is 2. The van der Waals surface area contributed by atoms with Crippen LogP contribution in [0, 0.1) is 17.0 Å². The number of primary amides is 1. The lowest BCUT2D eigenvalue weighted by molar-refractivity contribution is -0.140. The first-order valence-electron chi connectivity index (χ1n) is 16.2. The first kappa shape index (κ1) is 40.1. The molecule has 0 spiro atoms. The number of hydrogen-bond acceptors (Lipinski definition) is 7. The average molecular weight is 714 g/mol. The van der Waals surface area contributed by atoms with Crippen LogP contribution in [-0.4, -0.2) is 87.7 Å². The maximum absolute atomic E-state index is 15.1. The zero-order chi connectivity index (χ0) is 37.9. The maximum Gasteiger partial charge on any atom is 0.404 e. The number of carbonyl (C=O) groups is 5. The van der Waals surface area contributed by atoms with Gasteiger partial charge in [-0.25, -0.2) is 13.6 Å². The highest BCUT2D eigenvalue weighted by molar-refractivity contribution is 5.92. The van der Waals surface area contributed by atoms with Crippen molar-refractivity contribution in [2.24, 2.45) is 16.9 Å². The summed E-state index contributed by atoms with van der Waals surface area (Å²) in [5, 5.41) is 26.1. The highest BCUT2D eigenvalue weighted by Gasteiger charge is 2.38. The number of benzene rings is 2. The van der Waals surface area contributed by atoms with Crippen molar-refractivity contribution in [1.82, 2.24) is 25.4 Å². The summed E-state index contributed by atoms with van der Waals surface area (Å²) in [7, 11) is 0. The number of hydrogen-bond donors (Lipinski definition) is 7. The molecule has 1 heterocycles. The number of nitrogens with zero attached hydrogens (tertiary/aromatic N) is 2. The summed E-state index contributed by atoms with van der Waals surface area (Å²) in [6, 6.07) is 10.5. The summed E-state index contributed by atoms with van der Waals surface area (Å²) >= 11 is 0. The number of carbonyl (C=O) groups excluding carboxylic acids is 4. The van der Waals surface area contributed by atoms with Crippen LogP contribution in [-0.2, 0) is 25.7 Å². The third kappa shape index (κ3) is 11.6. The third-order valence-corrected chi connectivity index (χ3v) is 7.98. The van der Waals surface area contributed by atoms with E-state index in [1.807, 2.05) is 55.7 Å². The number of carboxylic acid groups (broad SMARTS) is 1. The van der Waals surface area contributed by atoms with Gasteiger partial charge in [0.15, 0.2) is 0 Å². The van der Waals surface area contributed by atoms with Gasteiger partial charge in [-0.15, -0.1) is 0 Å². The quantitative estimate of drug-likeness (QED) is 0.102. The fourth-order valence-electron chi connectivity index (χ4n) is 5.70. The van der Waals surface area contributed by atoms with Gasteiger partial charge in [0.05, 0.1) is 18.5 Å². The molecule has 276 valence electrons. The van der Waals surface area contributed by atoms with Crippen LogP contribution in [0.15, 0.2) is 60.8 Å². The fraction of sp³-hybridized carbons (Fsp3) is 0.400. The summed E-state index contributed by atoms with van der Waals surface area (Å²) in [5.74, 6) is -4.48. The maximum atomic E-state index is 15.1. The number of halogens is 2. The Hall–Kier alpha value is -5.35. The molecule has 14 nitrogen and oxygen atoms in total. The Morgan fingerprint density at radius 1 is 0.961 bits per heavy atom. The third-order valence-electron chi connectivity index (χ3n) is 7.98. The summed E-state index contributed by atoms with van der Waals surface area (Å²) in [6.45, 7) is 4.43. The van der Waals surface area contributed by atoms with Crippen LogP contribution in [0.4, 0.5) is 13.6 Å². The molecule has 0 aliphatic heterocycles. The van der Waals surface area contributed by atoms with Gasteiger partial charge in [0.2, 0.25) is 23.6 Å². The summed E-state index contributed by atoms with van der Waals surface area (Å²) < 4.78 is 31.2. The van der Waals surface area contributed by atoms with Gasteiger partial charge in [-0.3, -0.25) is 19.2 Å². The highest BCUT2D eigenvalue weighted by Crippen LogP contribution is 2.41. The molecule has 9 N–H and O–H groups in total. The Labute approximate surface area is 294 Å². The van der Waals surface area contributed by atoms with E-state index in [0.29, 0.717) is 11.3 Å². The largest absolute Gasteiger partial charge is 0.465 e. The van der Waals surface area contributed by atoms with Gasteiger partial charge in [0.1, 0.15) is 24.3 Å². The lowest BCUT2D eigenvalue weighted by Crippen LogP contribution is -2.54. The SMILES string of the molecule is CC(C)(C)C(c1cc(-c2cc(F)ccc2F)cn1Cc1ccccc1)N(CCC(NC(=O)C(N)CC(N)=O)C(=O)NCCNC(=O)O)C(=O)CO. The zero-order valence-electron chi connectivity index (χ0n) is 28.7. The Kier molecular flexibility index (Phi) is 14.2.